The van der Waals surface area contributed by atoms with Crippen molar-refractivity contribution in [3.63, 3.8) is 0 Å². The summed E-state index contributed by atoms with van der Waals surface area (Å²) in [5.41, 5.74) is 0. The van der Waals surface area contributed by atoms with Crippen molar-refractivity contribution >= 4 is 8.80 Å². The van der Waals surface area contributed by atoms with Crippen LogP contribution < -0.4 is 0 Å². The van der Waals surface area contributed by atoms with Crippen LogP contribution in [-0.4, -0.2) is 35.3 Å². The van der Waals surface area contributed by atoms with Gasteiger partial charge in [-0.15, -0.1) is 0 Å². The molecule has 0 aliphatic rings. The SMILES string of the molecule is CCO[Si](CCCCCCCCF)(OCC)OCC. The molecule has 3 nitrogen and oxygen atoms in total. The van der Waals surface area contributed by atoms with Crippen LogP contribution in [0.2, 0.25) is 6.04 Å². The molecule has 0 heterocycles. The second kappa shape index (κ2) is 13.0. The molecule has 0 saturated carbocycles. The minimum Gasteiger partial charge on any atom is -0.374 e. The van der Waals surface area contributed by atoms with Gasteiger partial charge in [0, 0.05) is 25.9 Å². The summed E-state index contributed by atoms with van der Waals surface area (Å²) in [7, 11) is -2.43. The number of rotatable bonds is 14. The first kappa shape index (κ1) is 19.0. The van der Waals surface area contributed by atoms with Gasteiger partial charge in [-0.1, -0.05) is 25.7 Å². The fourth-order valence-electron chi connectivity index (χ4n) is 2.14. The van der Waals surface area contributed by atoms with Crippen LogP contribution >= 0.6 is 0 Å². The van der Waals surface area contributed by atoms with Gasteiger partial charge in [-0.3, -0.25) is 4.39 Å². The Balaban J connectivity index is 3.89. The maximum atomic E-state index is 11.9. The van der Waals surface area contributed by atoms with Crippen LogP contribution in [0.25, 0.3) is 0 Å². The predicted octanol–water partition coefficient (Wildman–Crippen LogP) is 4.34. The van der Waals surface area contributed by atoms with E-state index >= 15 is 0 Å². The molecule has 0 unspecified atom stereocenters. The highest BCUT2D eigenvalue weighted by Gasteiger charge is 2.39. The van der Waals surface area contributed by atoms with Gasteiger partial charge in [0.05, 0.1) is 6.67 Å². The Morgan fingerprint density at radius 1 is 0.684 bits per heavy atom. The normalized spacial score (nSPS) is 12.0. The van der Waals surface area contributed by atoms with Crippen molar-refractivity contribution in [1.29, 1.82) is 0 Å². The van der Waals surface area contributed by atoms with Gasteiger partial charge in [-0.25, -0.2) is 0 Å². The van der Waals surface area contributed by atoms with E-state index < -0.39 is 8.80 Å². The Kier molecular flexibility index (Phi) is 13.0. The van der Waals surface area contributed by atoms with Crippen LogP contribution in [-0.2, 0) is 13.3 Å². The number of unbranched alkanes of at least 4 members (excludes halogenated alkanes) is 5. The standard InChI is InChI=1S/C14H31FO3Si/c1-4-16-19(17-5-2,18-6-3)14-12-10-8-7-9-11-13-15/h4-14H2,1-3H3. The fourth-order valence-corrected chi connectivity index (χ4v) is 4.83. The van der Waals surface area contributed by atoms with Gasteiger partial charge in [0.1, 0.15) is 0 Å². The summed E-state index contributed by atoms with van der Waals surface area (Å²) in [5, 5.41) is 0. The van der Waals surface area contributed by atoms with Crippen LogP contribution in [0.15, 0.2) is 0 Å². The van der Waals surface area contributed by atoms with E-state index in [0.29, 0.717) is 26.2 Å². The Morgan fingerprint density at radius 3 is 1.53 bits per heavy atom. The smallest absolute Gasteiger partial charge is 0.374 e. The van der Waals surface area contributed by atoms with E-state index in [-0.39, 0.29) is 6.67 Å². The molecule has 0 N–H and O–H groups in total. The highest BCUT2D eigenvalue weighted by molar-refractivity contribution is 6.60. The number of halogens is 1. The van der Waals surface area contributed by atoms with Crippen molar-refractivity contribution in [1.82, 2.24) is 0 Å². The molecule has 0 atom stereocenters. The van der Waals surface area contributed by atoms with E-state index in [9.17, 15) is 4.39 Å². The average molecular weight is 294 g/mol. The summed E-state index contributed by atoms with van der Waals surface area (Å²) < 4.78 is 29.3. The molecule has 0 rings (SSSR count). The van der Waals surface area contributed by atoms with E-state index in [4.69, 9.17) is 13.3 Å². The Labute approximate surface area is 119 Å². The monoisotopic (exact) mass is 294 g/mol. The lowest BCUT2D eigenvalue weighted by atomic mass is 10.1. The summed E-state index contributed by atoms with van der Waals surface area (Å²) in [4.78, 5) is 0. The topological polar surface area (TPSA) is 27.7 Å². The molecule has 0 radical (unpaired) electrons. The summed E-state index contributed by atoms with van der Waals surface area (Å²) in [6.45, 7) is 7.69. The molecule has 0 aromatic rings. The zero-order valence-corrected chi connectivity index (χ0v) is 13.9. The fraction of sp³-hybridized carbons (Fsp3) is 1.00. The van der Waals surface area contributed by atoms with Crippen molar-refractivity contribution < 1.29 is 17.7 Å². The lowest BCUT2D eigenvalue weighted by molar-refractivity contribution is 0.0706. The van der Waals surface area contributed by atoms with Crippen molar-refractivity contribution in [3.8, 4) is 0 Å². The molecule has 0 aliphatic heterocycles. The summed E-state index contributed by atoms with van der Waals surface area (Å²) in [5.74, 6) is 0. The van der Waals surface area contributed by atoms with Gasteiger partial charge in [-0.05, 0) is 33.6 Å². The largest absolute Gasteiger partial charge is 0.500 e. The van der Waals surface area contributed by atoms with E-state index in [1.54, 1.807) is 0 Å². The van der Waals surface area contributed by atoms with Gasteiger partial charge in [0.15, 0.2) is 0 Å². The zero-order chi connectivity index (χ0) is 14.4. The molecule has 19 heavy (non-hydrogen) atoms. The lowest BCUT2D eigenvalue weighted by Crippen LogP contribution is -2.45. The average Bonchev–Trinajstić information content (AvgIpc) is 2.39. The minimum absolute atomic E-state index is 0.185. The predicted molar refractivity (Wildman–Crippen MR) is 79.1 cm³/mol. The zero-order valence-electron chi connectivity index (χ0n) is 12.9. The molecular formula is C14H31FO3Si. The molecule has 0 aromatic heterocycles. The third kappa shape index (κ3) is 9.54. The molecular weight excluding hydrogens is 263 g/mol. The number of hydrogen-bond acceptors (Lipinski definition) is 3. The molecule has 5 heteroatoms. The Bertz CT molecular complexity index is 177. The van der Waals surface area contributed by atoms with Crippen LogP contribution in [0.5, 0.6) is 0 Å². The maximum absolute atomic E-state index is 11.9. The van der Waals surface area contributed by atoms with E-state index in [1.165, 1.54) is 0 Å². The highest BCUT2D eigenvalue weighted by atomic mass is 28.4. The van der Waals surface area contributed by atoms with Gasteiger partial charge < -0.3 is 13.3 Å². The van der Waals surface area contributed by atoms with E-state index in [0.717, 1.165) is 38.1 Å². The van der Waals surface area contributed by atoms with E-state index in [2.05, 4.69) is 0 Å². The van der Waals surface area contributed by atoms with Gasteiger partial charge in [-0.2, -0.15) is 0 Å². The molecule has 0 amide bonds. The van der Waals surface area contributed by atoms with Crippen molar-refractivity contribution in [2.75, 3.05) is 26.5 Å². The summed E-state index contributed by atoms with van der Waals surface area (Å²) >= 11 is 0. The van der Waals surface area contributed by atoms with Gasteiger partial charge in [0.2, 0.25) is 0 Å². The number of alkyl halides is 1. The summed E-state index contributed by atoms with van der Waals surface area (Å²) in [6.07, 6.45) is 6.21. The number of hydrogen-bond donors (Lipinski definition) is 0. The Hall–Kier alpha value is 0.0269. The van der Waals surface area contributed by atoms with Crippen molar-refractivity contribution in [3.05, 3.63) is 0 Å². The van der Waals surface area contributed by atoms with Crippen LogP contribution in [0.3, 0.4) is 0 Å². The molecule has 0 aromatic carbocycles. The lowest BCUT2D eigenvalue weighted by Gasteiger charge is -2.28. The first-order valence-corrected chi connectivity index (χ1v) is 9.65. The maximum Gasteiger partial charge on any atom is 0.500 e. The molecule has 0 fully saturated rings. The van der Waals surface area contributed by atoms with Gasteiger partial charge >= 0.3 is 8.80 Å². The molecule has 0 saturated heterocycles. The van der Waals surface area contributed by atoms with E-state index in [1.807, 2.05) is 20.8 Å². The molecule has 0 aliphatic carbocycles. The first-order chi connectivity index (χ1) is 9.24. The van der Waals surface area contributed by atoms with Crippen LogP contribution in [0.1, 0.15) is 59.3 Å². The summed E-state index contributed by atoms with van der Waals surface area (Å²) in [6, 6.07) is 0.894. The quantitative estimate of drug-likeness (QED) is 0.352. The molecule has 0 spiro atoms. The van der Waals surface area contributed by atoms with Crippen molar-refractivity contribution in [2.45, 2.75) is 65.3 Å². The third-order valence-electron chi connectivity index (χ3n) is 2.96. The Morgan fingerprint density at radius 2 is 1.11 bits per heavy atom. The van der Waals surface area contributed by atoms with Crippen LogP contribution in [0, 0.1) is 0 Å². The van der Waals surface area contributed by atoms with Crippen LogP contribution in [0.4, 0.5) is 4.39 Å². The minimum atomic E-state index is -2.43. The second-order valence-electron chi connectivity index (χ2n) is 4.54. The van der Waals surface area contributed by atoms with Crippen molar-refractivity contribution in [2.24, 2.45) is 0 Å². The molecule has 116 valence electrons. The van der Waals surface area contributed by atoms with Gasteiger partial charge in [0.25, 0.3) is 0 Å². The third-order valence-corrected chi connectivity index (χ3v) is 6.11. The first-order valence-electron chi connectivity index (χ1n) is 7.72. The second-order valence-corrected chi connectivity index (χ2v) is 7.27. The molecule has 0 bridgehead atoms. The highest BCUT2D eigenvalue weighted by Crippen LogP contribution is 2.20.